The summed E-state index contributed by atoms with van der Waals surface area (Å²) in [4.78, 5) is 13.7. The summed E-state index contributed by atoms with van der Waals surface area (Å²) in [5.41, 5.74) is 2.71. The zero-order chi connectivity index (χ0) is 14.8. The first-order valence-corrected chi connectivity index (χ1v) is 6.94. The van der Waals surface area contributed by atoms with E-state index in [1.807, 2.05) is 60.4 Å². The Morgan fingerprint density at radius 3 is 2.71 bits per heavy atom. The summed E-state index contributed by atoms with van der Waals surface area (Å²) in [6.07, 6.45) is 0. The molecule has 1 heterocycles. The number of aryl methyl sites for hydroxylation is 1. The zero-order valence-corrected chi connectivity index (χ0v) is 11.8. The molecule has 0 saturated carbocycles. The van der Waals surface area contributed by atoms with Crippen molar-refractivity contribution in [2.24, 2.45) is 0 Å². The van der Waals surface area contributed by atoms with Gasteiger partial charge in [0.2, 0.25) is 0 Å². The van der Waals surface area contributed by atoms with Crippen molar-refractivity contribution in [2.75, 3.05) is 18.1 Å². The SMILES string of the molecule is Cc1ccc2c(c1)N(C(C(=O)O)c1ccccc1)CCO2. The molecule has 0 fully saturated rings. The average molecular weight is 283 g/mol. The Labute approximate surface area is 123 Å². The summed E-state index contributed by atoms with van der Waals surface area (Å²) in [6, 6.07) is 14.5. The van der Waals surface area contributed by atoms with E-state index in [4.69, 9.17) is 4.74 Å². The number of carbonyl (C=O) groups is 1. The number of carboxylic acid groups (broad SMARTS) is 1. The number of benzene rings is 2. The third kappa shape index (κ3) is 2.57. The number of rotatable bonds is 3. The van der Waals surface area contributed by atoms with Gasteiger partial charge in [-0.05, 0) is 30.2 Å². The smallest absolute Gasteiger partial charge is 0.331 e. The van der Waals surface area contributed by atoms with E-state index in [0.717, 1.165) is 22.6 Å². The number of nitrogens with zero attached hydrogens (tertiary/aromatic N) is 1. The van der Waals surface area contributed by atoms with Crippen LogP contribution in [0.25, 0.3) is 0 Å². The standard InChI is InChI=1S/C17H17NO3/c1-12-7-8-15-14(11-12)18(9-10-21-15)16(17(19)20)13-5-3-2-4-6-13/h2-8,11,16H,9-10H2,1H3,(H,19,20). The second-order valence-corrected chi connectivity index (χ2v) is 5.16. The summed E-state index contributed by atoms with van der Waals surface area (Å²) in [6.45, 7) is 3.04. The van der Waals surface area contributed by atoms with Crippen molar-refractivity contribution in [1.82, 2.24) is 0 Å². The van der Waals surface area contributed by atoms with E-state index in [0.29, 0.717) is 13.2 Å². The second-order valence-electron chi connectivity index (χ2n) is 5.16. The lowest BCUT2D eigenvalue weighted by molar-refractivity contribution is -0.138. The van der Waals surface area contributed by atoms with Crippen LogP contribution in [0.3, 0.4) is 0 Å². The van der Waals surface area contributed by atoms with Crippen LogP contribution in [-0.2, 0) is 4.79 Å². The predicted octanol–water partition coefficient (Wildman–Crippen LogP) is 3.02. The quantitative estimate of drug-likeness (QED) is 0.940. The molecule has 1 aliphatic rings. The number of hydrogen-bond donors (Lipinski definition) is 1. The summed E-state index contributed by atoms with van der Waals surface area (Å²) in [5.74, 6) is -0.107. The third-order valence-electron chi connectivity index (χ3n) is 3.67. The highest BCUT2D eigenvalue weighted by molar-refractivity contribution is 5.81. The van der Waals surface area contributed by atoms with Crippen LogP contribution in [0.15, 0.2) is 48.5 Å². The van der Waals surface area contributed by atoms with Crippen LogP contribution in [0.4, 0.5) is 5.69 Å². The maximum absolute atomic E-state index is 11.8. The Hall–Kier alpha value is -2.49. The lowest BCUT2D eigenvalue weighted by Gasteiger charge is -2.36. The van der Waals surface area contributed by atoms with Gasteiger partial charge in [0.25, 0.3) is 0 Å². The van der Waals surface area contributed by atoms with Gasteiger partial charge in [-0.3, -0.25) is 0 Å². The van der Waals surface area contributed by atoms with E-state index in [1.165, 1.54) is 0 Å². The molecule has 0 radical (unpaired) electrons. The highest BCUT2D eigenvalue weighted by Crippen LogP contribution is 2.37. The predicted molar refractivity (Wildman–Crippen MR) is 80.8 cm³/mol. The summed E-state index contributed by atoms with van der Waals surface area (Å²) in [7, 11) is 0. The Bertz CT molecular complexity index is 654. The first-order valence-electron chi connectivity index (χ1n) is 6.94. The first-order chi connectivity index (χ1) is 10.2. The molecule has 2 aromatic carbocycles. The van der Waals surface area contributed by atoms with Gasteiger partial charge in [-0.2, -0.15) is 0 Å². The van der Waals surface area contributed by atoms with Crippen LogP contribution in [0.5, 0.6) is 5.75 Å². The first kappa shape index (κ1) is 13.5. The number of anilines is 1. The van der Waals surface area contributed by atoms with E-state index >= 15 is 0 Å². The van der Waals surface area contributed by atoms with Gasteiger partial charge >= 0.3 is 5.97 Å². The molecule has 0 bridgehead atoms. The molecule has 0 saturated heterocycles. The van der Waals surface area contributed by atoms with Gasteiger partial charge in [0.1, 0.15) is 12.4 Å². The van der Waals surface area contributed by atoms with Crippen molar-refractivity contribution >= 4 is 11.7 Å². The molecule has 1 atom stereocenters. The highest BCUT2D eigenvalue weighted by atomic mass is 16.5. The van der Waals surface area contributed by atoms with E-state index in [-0.39, 0.29) is 0 Å². The van der Waals surface area contributed by atoms with Crippen molar-refractivity contribution in [2.45, 2.75) is 13.0 Å². The van der Waals surface area contributed by atoms with Crippen LogP contribution < -0.4 is 9.64 Å². The van der Waals surface area contributed by atoms with Crippen LogP contribution in [0, 0.1) is 6.92 Å². The molecule has 0 aliphatic carbocycles. The van der Waals surface area contributed by atoms with Gasteiger partial charge in [0, 0.05) is 0 Å². The number of ether oxygens (including phenoxy) is 1. The number of aliphatic carboxylic acids is 1. The molecule has 21 heavy (non-hydrogen) atoms. The topological polar surface area (TPSA) is 49.8 Å². The minimum absolute atomic E-state index is 0.493. The minimum atomic E-state index is -0.851. The Kier molecular flexibility index (Phi) is 3.52. The lowest BCUT2D eigenvalue weighted by Crippen LogP contribution is -2.39. The van der Waals surface area contributed by atoms with Crippen molar-refractivity contribution in [3.63, 3.8) is 0 Å². The Morgan fingerprint density at radius 2 is 2.00 bits per heavy atom. The second kappa shape index (κ2) is 5.48. The van der Waals surface area contributed by atoms with E-state index in [1.54, 1.807) is 0 Å². The lowest BCUT2D eigenvalue weighted by atomic mass is 10.0. The molecule has 4 heteroatoms. The number of carboxylic acids is 1. The Morgan fingerprint density at radius 1 is 1.24 bits per heavy atom. The molecule has 1 unspecified atom stereocenters. The van der Waals surface area contributed by atoms with Crippen LogP contribution in [0.2, 0.25) is 0 Å². The summed E-state index contributed by atoms with van der Waals surface area (Å²) >= 11 is 0. The third-order valence-corrected chi connectivity index (χ3v) is 3.67. The Balaban J connectivity index is 2.06. The highest BCUT2D eigenvalue weighted by Gasteiger charge is 2.31. The summed E-state index contributed by atoms with van der Waals surface area (Å²) < 4.78 is 5.64. The molecule has 1 aliphatic heterocycles. The van der Waals surface area contributed by atoms with Gasteiger partial charge in [-0.15, -0.1) is 0 Å². The molecule has 0 spiro atoms. The molecule has 108 valence electrons. The largest absolute Gasteiger partial charge is 0.490 e. The number of hydrogen-bond acceptors (Lipinski definition) is 3. The summed E-state index contributed by atoms with van der Waals surface area (Å²) in [5, 5.41) is 9.69. The van der Waals surface area contributed by atoms with E-state index in [2.05, 4.69) is 0 Å². The van der Waals surface area contributed by atoms with Crippen molar-refractivity contribution in [3.05, 3.63) is 59.7 Å². The van der Waals surface area contributed by atoms with Crippen molar-refractivity contribution in [1.29, 1.82) is 0 Å². The molecular weight excluding hydrogens is 266 g/mol. The van der Waals surface area contributed by atoms with Crippen LogP contribution in [0.1, 0.15) is 17.2 Å². The van der Waals surface area contributed by atoms with Crippen molar-refractivity contribution in [3.8, 4) is 5.75 Å². The molecule has 0 aromatic heterocycles. The molecule has 1 N–H and O–H groups in total. The van der Waals surface area contributed by atoms with Gasteiger partial charge in [0.05, 0.1) is 12.2 Å². The molecule has 3 rings (SSSR count). The average Bonchev–Trinajstić information content (AvgIpc) is 2.49. The van der Waals surface area contributed by atoms with Crippen LogP contribution >= 0.6 is 0 Å². The minimum Gasteiger partial charge on any atom is -0.490 e. The van der Waals surface area contributed by atoms with Crippen LogP contribution in [-0.4, -0.2) is 24.2 Å². The maximum Gasteiger partial charge on any atom is 0.331 e. The maximum atomic E-state index is 11.8. The van der Waals surface area contributed by atoms with Gasteiger partial charge in [-0.1, -0.05) is 36.4 Å². The molecular formula is C17H17NO3. The zero-order valence-electron chi connectivity index (χ0n) is 11.8. The van der Waals surface area contributed by atoms with Gasteiger partial charge in [-0.25, -0.2) is 4.79 Å². The molecule has 0 amide bonds. The van der Waals surface area contributed by atoms with Crippen molar-refractivity contribution < 1.29 is 14.6 Å². The van der Waals surface area contributed by atoms with Gasteiger partial charge < -0.3 is 14.7 Å². The fraction of sp³-hybridized carbons (Fsp3) is 0.235. The normalized spacial score (nSPS) is 15.0. The molecule has 2 aromatic rings. The molecule has 4 nitrogen and oxygen atoms in total. The number of fused-ring (bicyclic) bond motifs is 1. The monoisotopic (exact) mass is 283 g/mol. The van der Waals surface area contributed by atoms with E-state index < -0.39 is 12.0 Å². The fourth-order valence-electron chi connectivity index (χ4n) is 2.71. The fourth-order valence-corrected chi connectivity index (χ4v) is 2.71. The van der Waals surface area contributed by atoms with E-state index in [9.17, 15) is 9.90 Å². The van der Waals surface area contributed by atoms with Gasteiger partial charge in [0.15, 0.2) is 6.04 Å².